The van der Waals surface area contributed by atoms with E-state index in [0.29, 0.717) is 11.1 Å². The third kappa shape index (κ3) is 2.32. The molecule has 0 amide bonds. The van der Waals surface area contributed by atoms with Gasteiger partial charge in [-0.1, -0.05) is 18.2 Å². The van der Waals surface area contributed by atoms with Crippen molar-refractivity contribution in [2.45, 2.75) is 12.8 Å². The Morgan fingerprint density at radius 2 is 2.04 bits per heavy atom. The van der Waals surface area contributed by atoms with E-state index in [-0.39, 0.29) is 5.56 Å². The molecule has 0 unspecified atom stereocenters. The van der Waals surface area contributed by atoms with Crippen LogP contribution in [0.2, 0.25) is 0 Å². The van der Waals surface area contributed by atoms with Crippen LogP contribution in [0.5, 0.6) is 0 Å². The van der Waals surface area contributed by atoms with Gasteiger partial charge in [0.25, 0.3) is 5.56 Å². The van der Waals surface area contributed by atoms with Crippen LogP contribution in [0.3, 0.4) is 0 Å². The van der Waals surface area contributed by atoms with Crippen LogP contribution in [-0.4, -0.2) is 33.7 Å². The average molecular weight is 307 g/mol. The smallest absolute Gasteiger partial charge is 0.276 e. The lowest BCUT2D eigenvalue weighted by Gasteiger charge is -2.11. The Morgan fingerprint density at radius 1 is 1.26 bits per heavy atom. The number of benzene rings is 1. The van der Waals surface area contributed by atoms with Crippen molar-refractivity contribution < 1.29 is 0 Å². The summed E-state index contributed by atoms with van der Waals surface area (Å²) in [6.45, 7) is 0. The Morgan fingerprint density at radius 3 is 2.78 bits per heavy atom. The monoisotopic (exact) mass is 307 g/mol. The second-order valence-corrected chi connectivity index (χ2v) is 5.89. The fourth-order valence-corrected chi connectivity index (χ4v) is 2.80. The number of hydrogen-bond acceptors (Lipinski definition) is 4. The summed E-state index contributed by atoms with van der Waals surface area (Å²) >= 11 is 0. The first-order chi connectivity index (χ1) is 11.1. The van der Waals surface area contributed by atoms with E-state index in [1.54, 1.807) is 4.52 Å². The van der Waals surface area contributed by atoms with Crippen LogP contribution in [0.4, 0.5) is 5.69 Å². The topological polar surface area (TPSA) is 66.3 Å². The SMILES string of the molecule is CN(C)c1ccc(/C=c2/c(=O)[nH]c3nc4c(nn23)CCC=4)cc1. The molecule has 6 heteroatoms. The number of rotatable bonds is 2. The zero-order chi connectivity index (χ0) is 16.0. The van der Waals surface area contributed by atoms with Crippen molar-refractivity contribution in [3.8, 4) is 0 Å². The number of aromatic nitrogens is 4. The summed E-state index contributed by atoms with van der Waals surface area (Å²) in [6.07, 6.45) is 5.72. The summed E-state index contributed by atoms with van der Waals surface area (Å²) in [4.78, 5) is 21.5. The molecule has 2 aromatic heterocycles. The third-order valence-corrected chi connectivity index (χ3v) is 4.06. The minimum atomic E-state index is -0.176. The van der Waals surface area contributed by atoms with Gasteiger partial charge in [0.05, 0.1) is 11.0 Å². The fraction of sp³-hybridized carbons (Fsp3) is 0.235. The number of nitrogens with one attached hydrogen (secondary N) is 1. The van der Waals surface area contributed by atoms with E-state index >= 15 is 0 Å². The maximum Gasteiger partial charge on any atom is 0.276 e. The molecule has 1 N–H and O–H groups in total. The number of aryl methyl sites for hydroxylation is 1. The fourth-order valence-electron chi connectivity index (χ4n) is 2.80. The molecule has 6 nitrogen and oxygen atoms in total. The molecule has 0 bridgehead atoms. The molecule has 116 valence electrons. The van der Waals surface area contributed by atoms with Gasteiger partial charge < -0.3 is 4.90 Å². The Bertz CT molecular complexity index is 1060. The van der Waals surface area contributed by atoms with E-state index in [2.05, 4.69) is 21.1 Å². The Kier molecular flexibility index (Phi) is 3.04. The van der Waals surface area contributed by atoms with Crippen LogP contribution in [0.15, 0.2) is 29.1 Å². The molecule has 1 aliphatic rings. The van der Waals surface area contributed by atoms with E-state index in [0.717, 1.165) is 35.1 Å². The third-order valence-electron chi connectivity index (χ3n) is 4.06. The molecule has 0 fully saturated rings. The zero-order valence-corrected chi connectivity index (χ0v) is 13.1. The number of nitrogens with zero attached hydrogens (tertiary/aromatic N) is 4. The maximum atomic E-state index is 12.2. The predicted octanol–water partition coefficient (Wildman–Crippen LogP) is 0.0391. The minimum Gasteiger partial charge on any atom is -0.378 e. The summed E-state index contributed by atoms with van der Waals surface area (Å²) in [6, 6.07) is 8.02. The van der Waals surface area contributed by atoms with Crippen molar-refractivity contribution in [2.75, 3.05) is 19.0 Å². The molecule has 0 saturated carbocycles. The van der Waals surface area contributed by atoms with Gasteiger partial charge in [-0.3, -0.25) is 9.78 Å². The number of imidazole rings is 1. The van der Waals surface area contributed by atoms with Gasteiger partial charge in [0.15, 0.2) is 0 Å². The van der Waals surface area contributed by atoms with Gasteiger partial charge >= 0.3 is 0 Å². The molecule has 1 aromatic carbocycles. The van der Waals surface area contributed by atoms with Crippen LogP contribution >= 0.6 is 0 Å². The molecule has 0 spiro atoms. The molecule has 0 saturated heterocycles. The molecule has 3 aromatic rings. The number of fused-ring (bicyclic) bond motifs is 2. The largest absolute Gasteiger partial charge is 0.378 e. The van der Waals surface area contributed by atoms with Gasteiger partial charge in [-0.25, -0.2) is 4.98 Å². The van der Waals surface area contributed by atoms with Gasteiger partial charge in [-0.15, -0.1) is 0 Å². The van der Waals surface area contributed by atoms with E-state index in [1.165, 1.54) is 0 Å². The van der Waals surface area contributed by atoms with Crippen LogP contribution in [0, 0.1) is 0 Å². The molecule has 4 rings (SSSR count). The van der Waals surface area contributed by atoms with Gasteiger partial charge in [-0.05, 0) is 36.6 Å². The highest BCUT2D eigenvalue weighted by atomic mass is 16.1. The summed E-state index contributed by atoms with van der Waals surface area (Å²) in [7, 11) is 3.99. The minimum absolute atomic E-state index is 0.176. The molecule has 0 atom stereocenters. The summed E-state index contributed by atoms with van der Waals surface area (Å²) < 4.78 is 1.61. The zero-order valence-electron chi connectivity index (χ0n) is 13.1. The average Bonchev–Trinajstić information content (AvgIpc) is 3.10. The van der Waals surface area contributed by atoms with E-state index < -0.39 is 0 Å². The van der Waals surface area contributed by atoms with E-state index in [9.17, 15) is 4.79 Å². The Hall–Kier alpha value is -2.89. The van der Waals surface area contributed by atoms with Crippen molar-refractivity contribution >= 4 is 23.6 Å². The number of aromatic amines is 1. The molecular formula is C17H17N5O. The number of anilines is 1. The quantitative estimate of drug-likeness (QED) is 0.726. The van der Waals surface area contributed by atoms with Crippen LogP contribution in [-0.2, 0) is 6.42 Å². The standard InChI is InChI=1S/C17H17N5O/c1-21(2)12-8-6-11(7-9-12)10-15-16(23)19-17-18-13-4-3-5-14(13)20-22(15)17/h4,6-10H,3,5H2,1-2H3,(H,18,19,23)/b15-10-. The Labute approximate surface area is 132 Å². The van der Waals surface area contributed by atoms with Crippen molar-refractivity contribution in [3.63, 3.8) is 0 Å². The lowest BCUT2D eigenvalue weighted by molar-refractivity contribution is 0.808. The van der Waals surface area contributed by atoms with Crippen molar-refractivity contribution in [2.24, 2.45) is 0 Å². The van der Waals surface area contributed by atoms with Crippen molar-refractivity contribution in [1.82, 2.24) is 19.6 Å². The second-order valence-electron chi connectivity index (χ2n) is 5.89. The Balaban J connectivity index is 1.90. The number of H-pyrrole nitrogens is 1. The first-order valence-electron chi connectivity index (χ1n) is 7.59. The van der Waals surface area contributed by atoms with Crippen LogP contribution < -0.4 is 21.2 Å². The second kappa shape index (κ2) is 5.08. The van der Waals surface area contributed by atoms with Gasteiger partial charge in [-0.2, -0.15) is 9.61 Å². The van der Waals surface area contributed by atoms with Gasteiger partial charge in [0, 0.05) is 19.8 Å². The van der Waals surface area contributed by atoms with Crippen LogP contribution in [0.1, 0.15) is 17.7 Å². The lowest BCUT2D eigenvalue weighted by Crippen LogP contribution is -2.28. The lowest BCUT2D eigenvalue weighted by atomic mass is 10.2. The molecule has 23 heavy (non-hydrogen) atoms. The first kappa shape index (κ1) is 13.8. The van der Waals surface area contributed by atoms with Gasteiger partial charge in [0.2, 0.25) is 5.78 Å². The number of hydrogen-bond donors (Lipinski definition) is 1. The normalized spacial score (nSPS) is 14.1. The molecule has 0 aliphatic heterocycles. The predicted molar refractivity (Wildman–Crippen MR) is 90.0 cm³/mol. The highest BCUT2D eigenvalue weighted by molar-refractivity contribution is 5.55. The van der Waals surface area contributed by atoms with Crippen molar-refractivity contribution in [1.29, 1.82) is 0 Å². The van der Waals surface area contributed by atoms with E-state index in [1.807, 2.05) is 49.3 Å². The van der Waals surface area contributed by atoms with Gasteiger partial charge in [0.1, 0.15) is 5.35 Å². The van der Waals surface area contributed by atoms with E-state index in [4.69, 9.17) is 0 Å². The summed E-state index contributed by atoms with van der Waals surface area (Å²) in [5.74, 6) is 0.489. The highest BCUT2D eigenvalue weighted by Crippen LogP contribution is 2.12. The van der Waals surface area contributed by atoms with Crippen LogP contribution in [0.25, 0.3) is 17.9 Å². The maximum absolute atomic E-state index is 12.2. The summed E-state index contributed by atoms with van der Waals surface area (Å²) in [5.41, 5.74) is 2.84. The molecule has 0 radical (unpaired) electrons. The molecule has 2 heterocycles. The highest BCUT2D eigenvalue weighted by Gasteiger charge is 2.11. The summed E-state index contributed by atoms with van der Waals surface area (Å²) in [5, 5.41) is 5.95. The van der Waals surface area contributed by atoms with Crippen molar-refractivity contribution in [3.05, 3.63) is 56.6 Å². The first-order valence-corrected chi connectivity index (χ1v) is 7.59. The molecule has 1 aliphatic carbocycles. The molecular weight excluding hydrogens is 290 g/mol.